The normalized spacial score (nSPS) is 11.3. The number of aryl methyl sites for hydroxylation is 12. The van der Waals surface area contributed by atoms with Crippen molar-refractivity contribution in [2.45, 2.75) is 135 Å². The number of benzene rings is 6. The summed E-state index contributed by atoms with van der Waals surface area (Å²) in [6, 6.07) is 30.2. The third kappa shape index (κ3) is 13.2. The van der Waals surface area contributed by atoms with Crippen LogP contribution < -0.4 is 20.1 Å². The van der Waals surface area contributed by atoms with Crippen LogP contribution in [-0.4, -0.2) is 35.3 Å². The maximum absolute atomic E-state index is 15.5. The predicted molar refractivity (Wildman–Crippen MR) is 297 cm³/mol. The quantitative estimate of drug-likeness (QED) is 0.0554. The van der Waals surface area contributed by atoms with Crippen molar-refractivity contribution in [1.82, 2.24) is 0 Å². The van der Waals surface area contributed by atoms with E-state index in [4.69, 9.17) is 9.47 Å². The Labute approximate surface area is 425 Å². The van der Waals surface area contributed by atoms with Gasteiger partial charge in [-0.3, -0.25) is 19.2 Å². The van der Waals surface area contributed by atoms with Gasteiger partial charge in [0.25, 0.3) is 7.14 Å². The van der Waals surface area contributed by atoms with Gasteiger partial charge in [0.05, 0.1) is 26.4 Å². The van der Waals surface area contributed by atoms with Crippen LogP contribution in [-0.2, 0) is 4.57 Å². The van der Waals surface area contributed by atoms with Gasteiger partial charge in [-0.1, -0.05) is 141 Å². The van der Waals surface area contributed by atoms with Gasteiger partial charge < -0.3 is 14.0 Å². The highest BCUT2D eigenvalue weighted by atomic mass is 31.2. The molecule has 374 valence electrons. The van der Waals surface area contributed by atoms with Crippen LogP contribution in [0.5, 0.6) is 11.5 Å². The van der Waals surface area contributed by atoms with Gasteiger partial charge in [-0.25, -0.2) is 0 Å². The van der Waals surface area contributed by atoms with Crippen LogP contribution in [0.15, 0.2) is 97.1 Å². The molecule has 9 heteroatoms. The number of ether oxygens (including phenoxy) is 2. The van der Waals surface area contributed by atoms with Crippen LogP contribution in [0.3, 0.4) is 0 Å². The molecule has 0 atom stereocenters. The highest BCUT2D eigenvalue weighted by Crippen LogP contribution is 2.55. The topological polar surface area (TPSA) is 104 Å². The average Bonchev–Trinajstić information content (AvgIpc) is 3.28. The first-order chi connectivity index (χ1) is 33.6. The SMILES string of the molecule is CCCCCOc1ccc(P(=O)(C(=O)c2c(C)cc(C)cc2C)C(=O)c2c(C)cc(C)cc2C)c(OCCCCC)c1.Cc1cc(C)c(C(=O)P(C(=O)c2c(C)cc(C)cc2C)c2ccccc2)c(C)c1. The lowest BCUT2D eigenvalue weighted by molar-refractivity contribution is 0.103. The van der Waals surface area contributed by atoms with Gasteiger partial charge >= 0.3 is 0 Å². The number of hydrogen-bond acceptors (Lipinski definition) is 7. The molecule has 7 nitrogen and oxygen atoms in total. The van der Waals surface area contributed by atoms with Gasteiger partial charge in [0.2, 0.25) is 11.0 Å². The van der Waals surface area contributed by atoms with Crippen molar-refractivity contribution in [1.29, 1.82) is 0 Å². The first-order valence-electron chi connectivity index (χ1n) is 25.0. The van der Waals surface area contributed by atoms with Crippen molar-refractivity contribution in [2.24, 2.45) is 0 Å². The zero-order valence-corrected chi connectivity index (χ0v) is 46.4. The smallest absolute Gasteiger partial charge is 0.252 e. The second-order valence-corrected chi connectivity index (χ2v) is 23.8. The zero-order chi connectivity index (χ0) is 52.3. The summed E-state index contributed by atoms with van der Waals surface area (Å²) in [4.78, 5) is 56.8. The first-order valence-corrected chi connectivity index (χ1v) is 28.1. The summed E-state index contributed by atoms with van der Waals surface area (Å²) >= 11 is 0. The Balaban J connectivity index is 0.000000282. The molecule has 0 saturated heterocycles. The molecule has 0 bridgehead atoms. The monoisotopic (exact) mass is 992 g/mol. The summed E-state index contributed by atoms with van der Waals surface area (Å²) in [6.07, 6.45) is 5.85. The summed E-state index contributed by atoms with van der Waals surface area (Å²) in [5.74, 6) is 0.839. The predicted octanol–water partition coefficient (Wildman–Crippen LogP) is 15.7. The van der Waals surface area contributed by atoms with E-state index in [1.165, 1.54) is 0 Å². The first kappa shape index (κ1) is 56.2. The molecule has 0 aliphatic heterocycles. The van der Waals surface area contributed by atoms with Crippen molar-refractivity contribution in [3.63, 3.8) is 0 Å². The van der Waals surface area contributed by atoms with Gasteiger partial charge in [0, 0.05) is 28.3 Å². The average molecular weight is 993 g/mol. The molecule has 0 spiro atoms. The van der Waals surface area contributed by atoms with Crippen LogP contribution in [0.1, 0.15) is 161 Å². The van der Waals surface area contributed by atoms with Gasteiger partial charge in [-0.05, 0) is 158 Å². The van der Waals surface area contributed by atoms with Crippen LogP contribution in [0.2, 0.25) is 0 Å². The van der Waals surface area contributed by atoms with Crippen molar-refractivity contribution in [3.8, 4) is 11.5 Å². The van der Waals surface area contributed by atoms with Gasteiger partial charge in [-0.15, -0.1) is 0 Å². The highest BCUT2D eigenvalue weighted by Gasteiger charge is 2.47. The molecule has 0 aromatic heterocycles. The van der Waals surface area contributed by atoms with E-state index in [1.807, 2.05) is 162 Å². The molecular formula is C62H74O7P2. The summed E-state index contributed by atoms with van der Waals surface area (Å²) in [7, 11) is -6.14. The molecule has 6 rings (SSSR count). The van der Waals surface area contributed by atoms with Gasteiger partial charge in [-0.2, -0.15) is 0 Å². The number of carbonyl (C=O) groups excluding carboxylic acids is 4. The van der Waals surface area contributed by atoms with E-state index in [0.717, 1.165) is 88.3 Å². The van der Waals surface area contributed by atoms with E-state index in [0.29, 0.717) is 63.5 Å². The molecule has 6 aromatic carbocycles. The van der Waals surface area contributed by atoms with E-state index in [-0.39, 0.29) is 22.1 Å². The van der Waals surface area contributed by atoms with Gasteiger partial charge in [0.1, 0.15) is 11.5 Å². The second kappa shape index (κ2) is 25.1. The Morgan fingerprint density at radius 3 is 1.15 bits per heavy atom. The minimum atomic E-state index is -4.44. The lowest BCUT2D eigenvalue weighted by Crippen LogP contribution is -2.25. The Kier molecular flexibility index (Phi) is 19.8. The third-order valence-electron chi connectivity index (χ3n) is 12.8. The van der Waals surface area contributed by atoms with E-state index >= 15 is 4.57 Å². The molecule has 0 radical (unpaired) electrons. The standard InChI is InChI=1S/C36H47O5P.C26H27O2P/c1-9-11-13-17-40-30-15-16-32(31(23-30)41-18-14-12-10-2)42(39,35(37)33-26(5)19-24(3)20-27(33)6)36(38)34-28(7)21-25(4)22-29(34)8;1-16-12-18(3)23(19(4)13-16)25(27)29(22-10-8-7-9-11-22)26(28)24-20(5)14-17(2)15-21(24)6/h15-16,19-23H,9-14,17-18H2,1-8H3;7-15H,1-6H3. The number of hydrogen-bond donors (Lipinski definition) is 0. The van der Waals surface area contributed by atoms with Crippen LogP contribution >= 0.6 is 15.1 Å². The van der Waals surface area contributed by atoms with E-state index in [1.54, 1.807) is 18.2 Å². The fourth-order valence-electron chi connectivity index (χ4n) is 9.86. The van der Waals surface area contributed by atoms with Crippen molar-refractivity contribution < 1.29 is 33.2 Å². The van der Waals surface area contributed by atoms with Crippen molar-refractivity contribution in [2.75, 3.05) is 13.2 Å². The molecule has 0 aliphatic carbocycles. The van der Waals surface area contributed by atoms with Crippen LogP contribution in [0, 0.1) is 83.1 Å². The molecule has 0 aliphatic rings. The summed E-state index contributed by atoms with van der Waals surface area (Å²) < 4.78 is 27.7. The zero-order valence-electron chi connectivity index (χ0n) is 44.6. The third-order valence-corrected chi connectivity index (χ3v) is 17.6. The molecule has 71 heavy (non-hydrogen) atoms. The molecular weight excluding hydrogens is 919 g/mol. The van der Waals surface area contributed by atoms with E-state index in [9.17, 15) is 19.2 Å². The minimum Gasteiger partial charge on any atom is -0.493 e. The molecule has 0 heterocycles. The molecule has 0 fully saturated rings. The molecule has 0 N–H and O–H groups in total. The lowest BCUT2D eigenvalue weighted by Gasteiger charge is -2.23. The fourth-order valence-corrected chi connectivity index (χ4v) is 14.8. The van der Waals surface area contributed by atoms with E-state index in [2.05, 4.69) is 13.8 Å². The Morgan fingerprint density at radius 2 is 0.789 bits per heavy atom. The Hall–Kier alpha value is -5.74. The molecule has 6 aromatic rings. The molecule has 0 amide bonds. The molecule has 0 saturated carbocycles. The van der Waals surface area contributed by atoms with Crippen LogP contribution in [0.4, 0.5) is 0 Å². The fraction of sp³-hybridized carbons (Fsp3) is 0.355. The van der Waals surface area contributed by atoms with Crippen molar-refractivity contribution >= 4 is 47.8 Å². The summed E-state index contributed by atoms with van der Waals surface area (Å²) in [5, 5.41) is 0.935. The number of rotatable bonds is 20. The Morgan fingerprint density at radius 1 is 0.437 bits per heavy atom. The maximum Gasteiger partial charge on any atom is 0.252 e. The number of unbranched alkanes of at least 4 members (excludes halogenated alkanes) is 4. The molecule has 0 unspecified atom stereocenters. The highest BCUT2D eigenvalue weighted by molar-refractivity contribution is 8.01. The van der Waals surface area contributed by atoms with Crippen molar-refractivity contribution in [3.05, 3.63) is 186 Å². The second-order valence-electron chi connectivity index (χ2n) is 19.3. The maximum atomic E-state index is 15.5. The lowest BCUT2D eigenvalue weighted by atomic mass is 10.0. The number of carbonyl (C=O) groups is 4. The van der Waals surface area contributed by atoms with Crippen LogP contribution in [0.25, 0.3) is 0 Å². The minimum absolute atomic E-state index is 0.0643. The largest absolute Gasteiger partial charge is 0.493 e. The summed E-state index contributed by atoms with van der Waals surface area (Å²) in [5.41, 5.74) is 11.3. The summed E-state index contributed by atoms with van der Waals surface area (Å²) in [6.45, 7) is 28.3. The van der Waals surface area contributed by atoms with Gasteiger partial charge in [0.15, 0.2) is 11.0 Å². The Bertz CT molecular complexity index is 2750. The van der Waals surface area contributed by atoms with E-state index < -0.39 is 26.1 Å².